The monoisotopic (exact) mass is 357 g/mol. The molecule has 1 atom stereocenters. The zero-order valence-electron chi connectivity index (χ0n) is 12.7. The molecule has 1 aliphatic heterocycles. The molecule has 126 valence electrons. The Morgan fingerprint density at radius 2 is 1.78 bits per heavy atom. The van der Waals surface area contributed by atoms with E-state index in [4.69, 9.17) is 0 Å². The van der Waals surface area contributed by atoms with Gasteiger partial charge in [0.1, 0.15) is 0 Å². The van der Waals surface area contributed by atoms with Crippen molar-refractivity contribution < 1.29 is 15.7 Å². The largest absolute Gasteiger partial charge is 0.504 e. The highest BCUT2D eigenvalue weighted by Gasteiger charge is 2.33. The summed E-state index contributed by atoms with van der Waals surface area (Å²) in [6.07, 6.45) is 1.94. The average molecular weight is 358 g/mol. The Morgan fingerprint density at radius 3 is 2.52 bits per heavy atom. The summed E-state index contributed by atoms with van der Waals surface area (Å²) in [7, 11) is 2.16. The molecule has 1 heterocycles. The smallest absolute Gasteiger partial charge is 0.165 e. The predicted molar refractivity (Wildman–Crippen MR) is 96.1 cm³/mol. The number of aromatic hydroxyl groups is 2. The van der Waals surface area contributed by atoms with Gasteiger partial charge in [-0.1, -0.05) is 24.3 Å². The fourth-order valence-electron chi connectivity index (χ4n) is 3.67. The predicted octanol–water partition coefficient (Wildman–Crippen LogP) is 2.87. The van der Waals surface area contributed by atoms with Crippen LogP contribution in [0.1, 0.15) is 22.7 Å². The van der Waals surface area contributed by atoms with Crippen molar-refractivity contribution in [2.24, 2.45) is 0 Å². The Morgan fingerprint density at radius 1 is 1.04 bits per heavy atom. The van der Waals surface area contributed by atoms with E-state index in [9.17, 15) is 10.2 Å². The summed E-state index contributed by atoms with van der Waals surface area (Å²) < 4.78 is 0. The minimum Gasteiger partial charge on any atom is -0.504 e. The Bertz CT molecular complexity index is 721. The molecule has 23 heavy (non-hydrogen) atoms. The third-order valence-electron chi connectivity index (χ3n) is 4.72. The molecule has 0 fully saturated rings. The van der Waals surface area contributed by atoms with Crippen molar-refractivity contribution in [1.82, 2.24) is 4.90 Å². The summed E-state index contributed by atoms with van der Waals surface area (Å²) in [6.45, 7) is 1.07. The van der Waals surface area contributed by atoms with Gasteiger partial charge in [0.2, 0.25) is 0 Å². The second-order valence-corrected chi connectivity index (χ2v) is 5.80. The second kappa shape index (κ2) is 6.97. The minimum absolute atomic E-state index is 0. The zero-order chi connectivity index (χ0) is 13.9. The van der Waals surface area contributed by atoms with Crippen molar-refractivity contribution in [2.75, 3.05) is 13.6 Å². The first-order valence-electron chi connectivity index (χ1n) is 7.03. The van der Waals surface area contributed by atoms with Crippen LogP contribution in [0.2, 0.25) is 0 Å². The highest BCUT2D eigenvalue weighted by molar-refractivity contribution is 5.85. The van der Waals surface area contributed by atoms with Gasteiger partial charge in [-0.2, -0.15) is 0 Å². The molecular weight excluding hydrogens is 337 g/mol. The molecule has 4 N–H and O–H groups in total. The molecule has 0 bridgehead atoms. The number of benzene rings is 2. The van der Waals surface area contributed by atoms with E-state index in [1.165, 1.54) is 11.1 Å². The van der Waals surface area contributed by atoms with Gasteiger partial charge in [-0.15, -0.1) is 24.8 Å². The first-order valence-corrected chi connectivity index (χ1v) is 7.03. The van der Waals surface area contributed by atoms with Crippen LogP contribution in [0.3, 0.4) is 0 Å². The Hall–Kier alpha value is -1.46. The Labute approximate surface area is 147 Å². The molecule has 2 aromatic carbocycles. The van der Waals surface area contributed by atoms with E-state index in [1.54, 1.807) is 6.07 Å². The number of phenolic OH excluding ortho intramolecular Hbond substituents is 2. The number of hydrogen-bond acceptors (Lipinski definition) is 3. The Balaban J connectivity index is 0.000000882. The molecule has 0 saturated carbocycles. The van der Waals surface area contributed by atoms with E-state index >= 15 is 0 Å². The molecule has 1 aliphatic carbocycles. The minimum atomic E-state index is -0.0380. The number of halogens is 2. The lowest BCUT2D eigenvalue weighted by Gasteiger charge is -2.39. The first-order chi connectivity index (χ1) is 9.66. The number of hydrogen-bond donors (Lipinski definition) is 2. The van der Waals surface area contributed by atoms with Crippen LogP contribution >= 0.6 is 24.8 Å². The van der Waals surface area contributed by atoms with Crippen LogP contribution in [-0.2, 0) is 12.8 Å². The number of nitrogens with zero attached hydrogens (tertiary/aromatic N) is 1. The lowest BCUT2D eigenvalue weighted by Crippen LogP contribution is -2.35. The van der Waals surface area contributed by atoms with Crippen molar-refractivity contribution in [3.05, 3.63) is 47.0 Å². The van der Waals surface area contributed by atoms with Crippen molar-refractivity contribution in [3.8, 4) is 22.6 Å². The van der Waals surface area contributed by atoms with Crippen LogP contribution < -0.4 is 0 Å². The molecule has 0 spiro atoms. The molecule has 0 radical (unpaired) electrons. The fraction of sp³-hybridized carbons (Fsp3) is 0.294. The van der Waals surface area contributed by atoms with Crippen molar-refractivity contribution >= 4 is 24.8 Å². The number of likely N-dealkylation sites (N-methyl/N-ethyl adjacent to an activating group) is 1. The van der Waals surface area contributed by atoms with E-state index < -0.39 is 0 Å². The maximum atomic E-state index is 10.3. The molecule has 4 rings (SSSR count). The molecule has 2 aromatic rings. The average Bonchev–Trinajstić information content (AvgIpc) is 2.46. The van der Waals surface area contributed by atoms with Crippen LogP contribution in [0, 0.1) is 0 Å². The number of fused-ring (bicyclic) bond motifs is 2. The van der Waals surface area contributed by atoms with E-state index in [0.29, 0.717) is 6.04 Å². The first kappa shape index (κ1) is 19.6. The molecule has 2 aliphatic rings. The van der Waals surface area contributed by atoms with E-state index in [2.05, 4.69) is 30.1 Å². The van der Waals surface area contributed by atoms with Gasteiger partial charge < -0.3 is 15.7 Å². The van der Waals surface area contributed by atoms with Gasteiger partial charge in [0.25, 0.3) is 0 Å². The lowest BCUT2D eigenvalue weighted by atomic mass is 9.77. The second-order valence-electron chi connectivity index (χ2n) is 5.80. The lowest BCUT2D eigenvalue weighted by molar-refractivity contribution is 0.228. The molecular formula is C17H21Cl2NO3. The summed E-state index contributed by atoms with van der Waals surface area (Å²) >= 11 is 0. The standard InChI is InChI=1S/C17H17NO2.2ClH.H2O/c1-18-8-7-10-3-2-4-12-15(10)13(18)9-11-5-6-14(19)17(20)16(11)12;;;/h2-6,13,19-20H,7-9H2,1H3;2*1H;1H2/t13-;;;/m1.../s1. The summed E-state index contributed by atoms with van der Waals surface area (Å²) in [5, 5.41) is 20.1. The topological polar surface area (TPSA) is 75.2 Å². The summed E-state index contributed by atoms with van der Waals surface area (Å²) in [5.74, 6) is -0.0217. The highest BCUT2D eigenvalue weighted by atomic mass is 35.5. The van der Waals surface area contributed by atoms with E-state index in [0.717, 1.165) is 36.1 Å². The van der Waals surface area contributed by atoms with Gasteiger partial charge in [-0.3, -0.25) is 4.90 Å². The van der Waals surface area contributed by atoms with Gasteiger partial charge in [0.15, 0.2) is 11.5 Å². The normalized spacial score (nSPS) is 17.7. The van der Waals surface area contributed by atoms with Gasteiger partial charge in [-0.05, 0) is 48.2 Å². The van der Waals surface area contributed by atoms with Gasteiger partial charge in [-0.25, -0.2) is 0 Å². The summed E-state index contributed by atoms with van der Waals surface area (Å²) in [6, 6.07) is 10.2. The highest BCUT2D eigenvalue weighted by Crippen LogP contribution is 2.49. The zero-order valence-corrected chi connectivity index (χ0v) is 14.4. The molecule has 6 heteroatoms. The molecule has 0 aromatic heterocycles. The molecule has 0 unspecified atom stereocenters. The SMILES string of the molecule is CN1CCc2cccc3c2[C@H]1Cc1ccc(O)c(O)c1-3.Cl.Cl.O. The van der Waals surface area contributed by atoms with Gasteiger partial charge >= 0.3 is 0 Å². The molecule has 0 amide bonds. The van der Waals surface area contributed by atoms with Crippen LogP contribution in [0.15, 0.2) is 30.3 Å². The third kappa shape index (κ3) is 2.76. The van der Waals surface area contributed by atoms with E-state index in [1.807, 2.05) is 6.07 Å². The van der Waals surface area contributed by atoms with Crippen molar-refractivity contribution in [3.63, 3.8) is 0 Å². The van der Waals surface area contributed by atoms with Crippen LogP contribution in [-0.4, -0.2) is 34.2 Å². The van der Waals surface area contributed by atoms with Gasteiger partial charge in [0, 0.05) is 18.2 Å². The van der Waals surface area contributed by atoms with Gasteiger partial charge in [0.05, 0.1) is 0 Å². The van der Waals surface area contributed by atoms with Crippen LogP contribution in [0.5, 0.6) is 11.5 Å². The Kier molecular flexibility index (Phi) is 5.94. The molecule has 4 nitrogen and oxygen atoms in total. The number of phenols is 2. The summed E-state index contributed by atoms with van der Waals surface area (Å²) in [5.41, 5.74) is 5.71. The van der Waals surface area contributed by atoms with Crippen molar-refractivity contribution in [1.29, 1.82) is 0 Å². The maximum absolute atomic E-state index is 10.3. The quantitative estimate of drug-likeness (QED) is 0.711. The summed E-state index contributed by atoms with van der Waals surface area (Å²) in [4.78, 5) is 2.39. The maximum Gasteiger partial charge on any atom is 0.165 e. The van der Waals surface area contributed by atoms with Crippen LogP contribution in [0.25, 0.3) is 11.1 Å². The molecule has 0 saturated heterocycles. The van der Waals surface area contributed by atoms with Crippen molar-refractivity contribution in [2.45, 2.75) is 18.9 Å². The number of rotatable bonds is 0. The third-order valence-corrected chi connectivity index (χ3v) is 4.72. The van der Waals surface area contributed by atoms with Crippen LogP contribution in [0.4, 0.5) is 0 Å². The van der Waals surface area contributed by atoms with E-state index in [-0.39, 0.29) is 41.8 Å². The fourth-order valence-corrected chi connectivity index (χ4v) is 3.67.